The maximum atomic E-state index is 5.66. The molecule has 1 aromatic rings. The second kappa shape index (κ2) is 6.03. The number of ether oxygens (including phenoxy) is 1. The van der Waals surface area contributed by atoms with Crippen molar-refractivity contribution in [3.63, 3.8) is 0 Å². The summed E-state index contributed by atoms with van der Waals surface area (Å²) in [6.45, 7) is 8.36. The smallest absolute Gasteiger partial charge is 0.225 e. The number of hydrogen-bond donors (Lipinski definition) is 1. The summed E-state index contributed by atoms with van der Waals surface area (Å²) >= 11 is 0. The summed E-state index contributed by atoms with van der Waals surface area (Å²) in [5.74, 6) is 0.843. The lowest BCUT2D eigenvalue weighted by Gasteiger charge is -2.32. The van der Waals surface area contributed by atoms with Crippen LogP contribution in [0.3, 0.4) is 0 Å². The van der Waals surface area contributed by atoms with E-state index < -0.39 is 0 Å². The fourth-order valence-electron chi connectivity index (χ4n) is 3.00. The number of nitrogens with two attached hydrogens (primary N) is 1. The van der Waals surface area contributed by atoms with Crippen molar-refractivity contribution in [1.82, 2.24) is 14.9 Å². The maximum Gasteiger partial charge on any atom is 0.225 e. The quantitative estimate of drug-likeness (QED) is 0.848. The van der Waals surface area contributed by atoms with E-state index in [9.17, 15) is 0 Å². The molecule has 1 unspecified atom stereocenters. The molecule has 20 heavy (non-hydrogen) atoms. The molecule has 0 aromatic carbocycles. The lowest BCUT2D eigenvalue weighted by Crippen LogP contribution is -2.44. The van der Waals surface area contributed by atoms with Crippen LogP contribution in [0, 0.1) is 6.92 Å². The molecule has 0 aliphatic carbocycles. The first-order valence-corrected chi connectivity index (χ1v) is 7.37. The van der Waals surface area contributed by atoms with Gasteiger partial charge in [-0.15, -0.1) is 0 Å². The number of aryl methyl sites for hydroxylation is 1. The van der Waals surface area contributed by atoms with E-state index in [2.05, 4.69) is 19.8 Å². The minimum Gasteiger partial charge on any atom is -0.379 e. The molecule has 1 atom stereocenters. The molecule has 2 saturated heterocycles. The van der Waals surface area contributed by atoms with E-state index in [1.54, 1.807) is 0 Å². The second-order valence-electron chi connectivity index (χ2n) is 5.52. The SMILES string of the molecule is Cc1nc(N2CCC(N3CCOCC3)C2)ncc1CN. The molecule has 2 aliphatic heterocycles. The average Bonchev–Trinajstić information content (AvgIpc) is 2.98. The molecule has 0 amide bonds. The van der Waals surface area contributed by atoms with Crippen molar-refractivity contribution in [2.45, 2.75) is 25.9 Å². The van der Waals surface area contributed by atoms with Crippen LogP contribution in [0.1, 0.15) is 17.7 Å². The molecule has 0 spiro atoms. The van der Waals surface area contributed by atoms with Gasteiger partial charge in [0.1, 0.15) is 0 Å². The highest BCUT2D eigenvalue weighted by Gasteiger charge is 2.29. The molecule has 2 aliphatic rings. The largest absolute Gasteiger partial charge is 0.379 e. The van der Waals surface area contributed by atoms with Gasteiger partial charge in [0.15, 0.2) is 0 Å². The van der Waals surface area contributed by atoms with Crippen LogP contribution in [0.15, 0.2) is 6.20 Å². The number of aromatic nitrogens is 2. The van der Waals surface area contributed by atoms with Crippen LogP contribution >= 0.6 is 0 Å². The number of anilines is 1. The van der Waals surface area contributed by atoms with E-state index in [0.717, 1.165) is 56.6 Å². The minimum absolute atomic E-state index is 0.502. The van der Waals surface area contributed by atoms with Gasteiger partial charge in [0, 0.05) is 56.2 Å². The third-order valence-electron chi connectivity index (χ3n) is 4.30. The van der Waals surface area contributed by atoms with Crippen molar-refractivity contribution in [1.29, 1.82) is 0 Å². The van der Waals surface area contributed by atoms with Crippen molar-refractivity contribution in [2.24, 2.45) is 5.73 Å². The van der Waals surface area contributed by atoms with Crippen LogP contribution in [-0.2, 0) is 11.3 Å². The van der Waals surface area contributed by atoms with Gasteiger partial charge >= 0.3 is 0 Å². The van der Waals surface area contributed by atoms with Gasteiger partial charge in [0.25, 0.3) is 0 Å². The van der Waals surface area contributed by atoms with Gasteiger partial charge in [-0.05, 0) is 13.3 Å². The number of hydrogen-bond acceptors (Lipinski definition) is 6. The normalized spacial score (nSPS) is 24.3. The van der Waals surface area contributed by atoms with Gasteiger partial charge in [-0.1, -0.05) is 0 Å². The summed E-state index contributed by atoms with van der Waals surface area (Å²) in [5.41, 5.74) is 7.68. The Balaban J connectivity index is 1.65. The highest BCUT2D eigenvalue weighted by molar-refractivity contribution is 5.34. The Morgan fingerprint density at radius 1 is 1.35 bits per heavy atom. The molecule has 2 N–H and O–H groups in total. The van der Waals surface area contributed by atoms with E-state index in [-0.39, 0.29) is 0 Å². The summed E-state index contributed by atoms with van der Waals surface area (Å²) in [5, 5.41) is 0. The van der Waals surface area contributed by atoms with Gasteiger partial charge in [-0.3, -0.25) is 4.90 Å². The maximum absolute atomic E-state index is 5.66. The van der Waals surface area contributed by atoms with Crippen LogP contribution in [0.4, 0.5) is 5.95 Å². The Morgan fingerprint density at radius 3 is 2.85 bits per heavy atom. The lowest BCUT2D eigenvalue weighted by atomic mass is 10.2. The third kappa shape index (κ3) is 2.77. The van der Waals surface area contributed by atoms with Crippen molar-refractivity contribution in [3.05, 3.63) is 17.5 Å². The predicted octanol–water partition coefficient (Wildman–Crippen LogP) is 0.155. The van der Waals surface area contributed by atoms with Gasteiger partial charge in [0.2, 0.25) is 5.95 Å². The number of rotatable bonds is 3. The van der Waals surface area contributed by atoms with E-state index >= 15 is 0 Å². The van der Waals surface area contributed by atoms with Crippen molar-refractivity contribution >= 4 is 5.95 Å². The van der Waals surface area contributed by atoms with Crippen LogP contribution in [0.25, 0.3) is 0 Å². The van der Waals surface area contributed by atoms with E-state index in [1.807, 2.05) is 13.1 Å². The molecule has 110 valence electrons. The first-order chi connectivity index (χ1) is 9.78. The molecule has 0 bridgehead atoms. The van der Waals surface area contributed by atoms with Crippen molar-refractivity contribution in [2.75, 3.05) is 44.3 Å². The second-order valence-corrected chi connectivity index (χ2v) is 5.52. The third-order valence-corrected chi connectivity index (χ3v) is 4.30. The predicted molar refractivity (Wildman–Crippen MR) is 77.7 cm³/mol. The minimum atomic E-state index is 0.502. The summed E-state index contributed by atoms with van der Waals surface area (Å²) in [6.07, 6.45) is 3.04. The fraction of sp³-hybridized carbons (Fsp3) is 0.714. The Bertz CT molecular complexity index is 461. The molecular weight excluding hydrogens is 254 g/mol. The van der Waals surface area contributed by atoms with Gasteiger partial charge in [0.05, 0.1) is 13.2 Å². The van der Waals surface area contributed by atoms with E-state index in [1.165, 1.54) is 6.42 Å². The lowest BCUT2D eigenvalue weighted by molar-refractivity contribution is 0.0209. The molecule has 0 radical (unpaired) electrons. The standard InChI is InChI=1S/C14H23N5O/c1-11-12(8-15)9-16-14(17-11)19-3-2-13(10-19)18-4-6-20-7-5-18/h9,13H,2-8,10,15H2,1H3. The summed E-state index contributed by atoms with van der Waals surface area (Å²) in [4.78, 5) is 13.9. The highest BCUT2D eigenvalue weighted by atomic mass is 16.5. The van der Waals surface area contributed by atoms with Crippen LogP contribution in [0.2, 0.25) is 0 Å². The molecule has 6 nitrogen and oxygen atoms in total. The van der Waals surface area contributed by atoms with E-state index in [0.29, 0.717) is 12.6 Å². The van der Waals surface area contributed by atoms with Crippen molar-refractivity contribution in [3.8, 4) is 0 Å². The average molecular weight is 277 g/mol. The zero-order valence-electron chi connectivity index (χ0n) is 12.1. The molecule has 3 rings (SSSR count). The molecule has 3 heterocycles. The molecule has 0 saturated carbocycles. The molecular formula is C14H23N5O. The van der Waals surface area contributed by atoms with Crippen LogP contribution in [-0.4, -0.2) is 60.3 Å². The zero-order valence-corrected chi connectivity index (χ0v) is 12.1. The summed E-state index contributed by atoms with van der Waals surface area (Å²) in [6, 6.07) is 0.608. The molecule has 1 aromatic heterocycles. The van der Waals surface area contributed by atoms with Gasteiger partial charge in [-0.25, -0.2) is 9.97 Å². The highest BCUT2D eigenvalue weighted by Crippen LogP contribution is 2.21. The van der Waals surface area contributed by atoms with E-state index in [4.69, 9.17) is 10.5 Å². The Kier molecular flexibility index (Phi) is 4.14. The Hall–Kier alpha value is -1.24. The van der Waals surface area contributed by atoms with Gasteiger partial charge < -0.3 is 15.4 Å². The Labute approximate surface area is 119 Å². The first-order valence-electron chi connectivity index (χ1n) is 7.37. The van der Waals surface area contributed by atoms with Crippen molar-refractivity contribution < 1.29 is 4.74 Å². The monoisotopic (exact) mass is 277 g/mol. The molecule has 2 fully saturated rings. The number of nitrogens with zero attached hydrogens (tertiary/aromatic N) is 4. The first kappa shape index (κ1) is 13.7. The zero-order chi connectivity index (χ0) is 13.9. The molecule has 6 heteroatoms. The fourth-order valence-corrected chi connectivity index (χ4v) is 3.00. The summed E-state index contributed by atoms with van der Waals surface area (Å²) < 4.78 is 5.42. The Morgan fingerprint density at radius 2 is 2.15 bits per heavy atom. The topological polar surface area (TPSA) is 67.5 Å². The summed E-state index contributed by atoms with van der Waals surface area (Å²) in [7, 11) is 0. The van der Waals surface area contributed by atoms with Crippen LogP contribution in [0.5, 0.6) is 0 Å². The number of morpholine rings is 1. The van der Waals surface area contributed by atoms with Gasteiger partial charge in [-0.2, -0.15) is 0 Å². The van der Waals surface area contributed by atoms with Crippen LogP contribution < -0.4 is 10.6 Å².